The molecule has 0 unspecified atom stereocenters. The maximum absolute atomic E-state index is 12.8. The van der Waals surface area contributed by atoms with Crippen molar-refractivity contribution in [2.24, 2.45) is 0 Å². The Kier molecular flexibility index (Phi) is 5.48. The van der Waals surface area contributed by atoms with Gasteiger partial charge in [0.05, 0.1) is 29.0 Å². The van der Waals surface area contributed by atoms with E-state index in [1.165, 1.54) is 6.07 Å². The van der Waals surface area contributed by atoms with E-state index in [0.29, 0.717) is 45.4 Å². The van der Waals surface area contributed by atoms with E-state index in [2.05, 4.69) is 5.32 Å². The molecule has 0 bridgehead atoms. The highest BCUT2D eigenvalue weighted by molar-refractivity contribution is 6.37. The van der Waals surface area contributed by atoms with Gasteiger partial charge in [0.1, 0.15) is 5.75 Å². The lowest BCUT2D eigenvalue weighted by Gasteiger charge is -2.18. The van der Waals surface area contributed by atoms with Gasteiger partial charge in [0, 0.05) is 10.7 Å². The van der Waals surface area contributed by atoms with Crippen LogP contribution in [0.3, 0.4) is 0 Å². The van der Waals surface area contributed by atoms with E-state index in [1.54, 1.807) is 61.5 Å². The molecule has 0 radical (unpaired) electrons. The monoisotopic (exact) mass is 434 g/mol. The van der Waals surface area contributed by atoms with Gasteiger partial charge in [0.2, 0.25) is 0 Å². The van der Waals surface area contributed by atoms with Crippen molar-refractivity contribution >= 4 is 40.7 Å². The number of imide groups is 1. The van der Waals surface area contributed by atoms with Crippen LogP contribution in [-0.2, 0) is 0 Å². The van der Waals surface area contributed by atoms with E-state index < -0.39 is 11.8 Å². The van der Waals surface area contributed by atoms with Crippen LogP contribution in [0.5, 0.6) is 5.75 Å². The molecule has 3 aromatic rings. The maximum atomic E-state index is 12.8. The van der Waals surface area contributed by atoms with Crippen molar-refractivity contribution in [3.05, 3.63) is 87.9 Å². The van der Waals surface area contributed by atoms with E-state index >= 15 is 0 Å². The average Bonchev–Trinajstić information content (AvgIpc) is 2.98. The first-order chi connectivity index (χ1) is 14.9. The molecule has 3 amide bonds. The fourth-order valence-corrected chi connectivity index (χ4v) is 3.72. The smallest absolute Gasteiger partial charge is 0.266 e. The van der Waals surface area contributed by atoms with Gasteiger partial charge in [-0.05, 0) is 67.9 Å². The van der Waals surface area contributed by atoms with E-state index in [-0.39, 0.29) is 11.5 Å². The van der Waals surface area contributed by atoms with Crippen molar-refractivity contribution in [2.75, 3.05) is 16.8 Å². The minimum atomic E-state index is -0.423. The summed E-state index contributed by atoms with van der Waals surface area (Å²) >= 11 is 5.98. The number of anilines is 2. The highest BCUT2D eigenvalue weighted by atomic mass is 35.5. The van der Waals surface area contributed by atoms with Gasteiger partial charge in [-0.3, -0.25) is 14.4 Å². The number of rotatable bonds is 5. The fraction of sp³-hybridized carbons (Fsp3) is 0.125. The Balaban J connectivity index is 1.59. The standard InChI is InChI=1S/C24H19ClN2O4/c1-3-31-21-7-5-4-6-18(21)22(28)26-16-9-11-20(14(2)12-16)27-23(29)17-10-8-15(25)13-19(17)24(27)30/h4-13H,3H2,1-2H3,(H,26,28). The molecule has 1 aliphatic rings. The molecule has 0 saturated carbocycles. The van der Waals surface area contributed by atoms with Gasteiger partial charge < -0.3 is 10.1 Å². The third-order valence-corrected chi connectivity index (χ3v) is 5.21. The van der Waals surface area contributed by atoms with Crippen molar-refractivity contribution < 1.29 is 19.1 Å². The van der Waals surface area contributed by atoms with Crippen LogP contribution < -0.4 is 15.0 Å². The summed E-state index contributed by atoms with van der Waals surface area (Å²) in [6.45, 7) is 4.07. The summed E-state index contributed by atoms with van der Waals surface area (Å²) < 4.78 is 5.52. The number of nitrogens with one attached hydrogen (secondary N) is 1. The lowest BCUT2D eigenvalue weighted by Crippen LogP contribution is -2.30. The SMILES string of the molecule is CCOc1ccccc1C(=O)Nc1ccc(N2C(=O)c3ccc(Cl)cc3C2=O)c(C)c1. The molecule has 1 heterocycles. The number of carbonyl (C=O) groups excluding carboxylic acids is 3. The molecule has 0 aromatic heterocycles. The third-order valence-electron chi connectivity index (χ3n) is 4.98. The zero-order valence-electron chi connectivity index (χ0n) is 16.9. The molecule has 3 aromatic carbocycles. The Hall–Kier alpha value is -3.64. The average molecular weight is 435 g/mol. The molecule has 0 atom stereocenters. The first kappa shape index (κ1) is 20.6. The Morgan fingerprint density at radius 1 is 1.00 bits per heavy atom. The van der Waals surface area contributed by atoms with Gasteiger partial charge >= 0.3 is 0 Å². The van der Waals surface area contributed by atoms with Crippen LogP contribution >= 0.6 is 11.6 Å². The third kappa shape index (κ3) is 3.78. The Morgan fingerprint density at radius 3 is 2.48 bits per heavy atom. The molecule has 1 N–H and O–H groups in total. The summed E-state index contributed by atoms with van der Waals surface area (Å²) in [5, 5.41) is 3.23. The lowest BCUT2D eigenvalue weighted by molar-refractivity contribution is 0.0924. The summed E-state index contributed by atoms with van der Waals surface area (Å²) in [4.78, 5) is 39.5. The number of carbonyl (C=O) groups is 3. The molecular formula is C24H19ClN2O4. The van der Waals surface area contributed by atoms with E-state index in [0.717, 1.165) is 4.90 Å². The van der Waals surface area contributed by atoms with Gasteiger partial charge in [0.25, 0.3) is 17.7 Å². The van der Waals surface area contributed by atoms with Crippen LogP contribution in [0, 0.1) is 6.92 Å². The Labute approximate surface area is 184 Å². The normalized spacial score (nSPS) is 12.7. The second-order valence-electron chi connectivity index (χ2n) is 7.02. The van der Waals surface area contributed by atoms with E-state index in [1.807, 2.05) is 6.92 Å². The largest absolute Gasteiger partial charge is 0.493 e. The number of fused-ring (bicyclic) bond motifs is 1. The minimum absolute atomic E-state index is 0.279. The number of nitrogens with zero attached hydrogens (tertiary/aromatic N) is 1. The second-order valence-corrected chi connectivity index (χ2v) is 7.46. The van der Waals surface area contributed by atoms with Crippen LogP contribution in [0.15, 0.2) is 60.7 Å². The van der Waals surface area contributed by atoms with Gasteiger partial charge in [-0.25, -0.2) is 4.90 Å². The minimum Gasteiger partial charge on any atom is -0.493 e. The summed E-state index contributed by atoms with van der Waals surface area (Å²) in [5.41, 5.74) is 2.67. The summed E-state index contributed by atoms with van der Waals surface area (Å²) in [6, 6.07) is 16.6. The molecule has 0 saturated heterocycles. The molecule has 31 heavy (non-hydrogen) atoms. The second kappa shape index (κ2) is 8.24. The first-order valence-electron chi connectivity index (χ1n) is 9.73. The predicted molar refractivity (Wildman–Crippen MR) is 119 cm³/mol. The molecule has 4 rings (SSSR count). The van der Waals surface area contributed by atoms with Gasteiger partial charge in [-0.15, -0.1) is 0 Å². The van der Waals surface area contributed by atoms with Gasteiger partial charge in [0.15, 0.2) is 0 Å². The molecule has 7 heteroatoms. The molecule has 0 aliphatic carbocycles. The number of hydrogen-bond donors (Lipinski definition) is 1. The predicted octanol–water partition coefficient (Wildman–Crippen LogP) is 5.10. The van der Waals surface area contributed by atoms with Crippen molar-refractivity contribution in [2.45, 2.75) is 13.8 Å². The van der Waals surface area contributed by atoms with Crippen molar-refractivity contribution in [3.63, 3.8) is 0 Å². The highest BCUT2D eigenvalue weighted by Crippen LogP contribution is 2.33. The van der Waals surface area contributed by atoms with E-state index in [9.17, 15) is 14.4 Å². The van der Waals surface area contributed by atoms with Crippen LogP contribution in [0.4, 0.5) is 11.4 Å². The molecule has 1 aliphatic heterocycles. The number of aryl methyl sites for hydroxylation is 1. The summed E-state index contributed by atoms with van der Waals surface area (Å²) in [5.74, 6) is -0.637. The maximum Gasteiger partial charge on any atom is 0.266 e. The number of para-hydroxylation sites is 1. The zero-order valence-corrected chi connectivity index (χ0v) is 17.7. The molecule has 0 spiro atoms. The van der Waals surface area contributed by atoms with E-state index in [4.69, 9.17) is 16.3 Å². The molecule has 156 valence electrons. The first-order valence-corrected chi connectivity index (χ1v) is 10.1. The number of hydrogen-bond acceptors (Lipinski definition) is 4. The van der Waals surface area contributed by atoms with Crippen LogP contribution in [0.25, 0.3) is 0 Å². The van der Waals surface area contributed by atoms with Crippen LogP contribution in [-0.4, -0.2) is 24.3 Å². The molecule has 0 fully saturated rings. The molecule has 6 nitrogen and oxygen atoms in total. The summed E-state index contributed by atoms with van der Waals surface area (Å²) in [6.07, 6.45) is 0. The number of ether oxygens (including phenoxy) is 1. The Bertz CT molecular complexity index is 1220. The topological polar surface area (TPSA) is 75.7 Å². The van der Waals surface area contributed by atoms with Gasteiger partial charge in [-0.2, -0.15) is 0 Å². The lowest BCUT2D eigenvalue weighted by atomic mass is 10.1. The zero-order chi connectivity index (χ0) is 22.1. The van der Waals surface area contributed by atoms with Crippen LogP contribution in [0.2, 0.25) is 5.02 Å². The summed E-state index contributed by atoms with van der Waals surface area (Å²) in [7, 11) is 0. The van der Waals surface area contributed by atoms with Crippen molar-refractivity contribution in [1.29, 1.82) is 0 Å². The highest BCUT2D eigenvalue weighted by Gasteiger charge is 2.37. The Morgan fingerprint density at radius 2 is 1.74 bits per heavy atom. The van der Waals surface area contributed by atoms with Crippen molar-refractivity contribution in [3.8, 4) is 5.75 Å². The molecular weight excluding hydrogens is 416 g/mol. The quantitative estimate of drug-likeness (QED) is 0.567. The number of amides is 3. The fourth-order valence-electron chi connectivity index (χ4n) is 3.55. The van der Waals surface area contributed by atoms with Gasteiger partial charge in [-0.1, -0.05) is 23.7 Å². The number of benzene rings is 3. The number of halogens is 1. The van der Waals surface area contributed by atoms with Crippen molar-refractivity contribution in [1.82, 2.24) is 0 Å². The van der Waals surface area contributed by atoms with Crippen LogP contribution in [0.1, 0.15) is 43.6 Å².